The van der Waals surface area contributed by atoms with E-state index in [1.54, 1.807) is 0 Å². The molecule has 5 N–H and O–H groups in total. The average molecular weight is 314 g/mol. The maximum Gasteiger partial charge on any atom is 0.155 e. The molecule has 0 radical (unpaired) electrons. The fourth-order valence-electron chi connectivity index (χ4n) is 6.07. The molecule has 1 saturated heterocycles. The first-order valence-electron chi connectivity index (χ1n) is 8.16. The lowest BCUT2D eigenvalue weighted by atomic mass is 9.66. The number of hydrogen-bond donors (Lipinski definition) is 5. The van der Waals surface area contributed by atoms with E-state index in [1.807, 2.05) is 0 Å². The van der Waals surface area contributed by atoms with Crippen LogP contribution in [0.1, 0.15) is 40.0 Å². The van der Waals surface area contributed by atoms with Crippen LogP contribution in [0.3, 0.4) is 0 Å². The molecular weight excluding hydrogens is 288 g/mol. The molecule has 22 heavy (non-hydrogen) atoms. The second-order valence-electron chi connectivity index (χ2n) is 8.70. The number of hydrogen-bond acceptors (Lipinski definition) is 6. The average Bonchev–Trinajstić information content (AvgIpc) is 2.97. The molecule has 126 valence electrons. The molecule has 1 heterocycles. The standard InChI is InChI=1S/C16H26O6/c1-13(2)7-4-5-14(13,3)6-15(7)16(22-15)11(20)9(18)8(17)10(19)12(16)21/h7-12,17-21H,4-6H2,1-3H3/t7?,8?,9-,10+,11-,12-,14?,15?,16?/m0/s1. The molecule has 6 heteroatoms. The van der Waals surface area contributed by atoms with Crippen LogP contribution in [0.5, 0.6) is 0 Å². The Morgan fingerprint density at radius 2 is 1.41 bits per heavy atom. The zero-order valence-electron chi connectivity index (χ0n) is 13.2. The molecule has 4 rings (SSSR count). The lowest BCUT2D eigenvalue weighted by molar-refractivity contribution is -0.210. The minimum Gasteiger partial charge on any atom is -0.387 e. The zero-order chi connectivity index (χ0) is 16.3. The van der Waals surface area contributed by atoms with Crippen molar-refractivity contribution in [3.05, 3.63) is 0 Å². The Morgan fingerprint density at radius 3 is 1.82 bits per heavy atom. The summed E-state index contributed by atoms with van der Waals surface area (Å²) in [5.41, 5.74) is -2.04. The fraction of sp³-hybridized carbons (Fsp3) is 1.00. The molecule has 0 aromatic rings. The van der Waals surface area contributed by atoms with Gasteiger partial charge in [-0.2, -0.15) is 0 Å². The molecular formula is C16H26O6. The van der Waals surface area contributed by atoms with E-state index in [9.17, 15) is 25.5 Å². The highest BCUT2D eigenvalue weighted by atomic mass is 16.7. The summed E-state index contributed by atoms with van der Waals surface area (Å²) in [6.07, 6.45) is -4.70. The molecule has 2 spiro atoms. The molecule has 4 fully saturated rings. The maximum absolute atomic E-state index is 10.5. The van der Waals surface area contributed by atoms with E-state index in [2.05, 4.69) is 20.8 Å². The highest BCUT2D eigenvalue weighted by Crippen LogP contribution is 2.79. The predicted octanol–water partition coefficient (Wildman–Crippen LogP) is -0.842. The third kappa shape index (κ3) is 1.28. The SMILES string of the molecule is CC12CCC(C1(C)C)C1(C2)OC12[C@@H](O)[C@H](O)C(O)[C@H](O)[C@@H]2O. The zero-order valence-corrected chi connectivity index (χ0v) is 13.2. The monoisotopic (exact) mass is 314 g/mol. The van der Waals surface area contributed by atoms with Crippen LogP contribution >= 0.6 is 0 Å². The number of aliphatic hydroxyl groups excluding tert-OH is 5. The second-order valence-corrected chi connectivity index (χ2v) is 8.70. The summed E-state index contributed by atoms with van der Waals surface area (Å²) < 4.78 is 6.01. The third-order valence-corrected chi connectivity index (χ3v) is 7.82. The van der Waals surface area contributed by atoms with Crippen LogP contribution in [0.25, 0.3) is 0 Å². The van der Waals surface area contributed by atoms with E-state index in [0.717, 1.165) is 12.8 Å². The van der Waals surface area contributed by atoms with E-state index >= 15 is 0 Å². The first kappa shape index (κ1) is 15.3. The summed E-state index contributed by atoms with van der Waals surface area (Å²) in [5, 5.41) is 51.0. The molecule has 3 aliphatic carbocycles. The van der Waals surface area contributed by atoms with Crippen molar-refractivity contribution in [3.63, 3.8) is 0 Å². The number of fused-ring (bicyclic) bond motifs is 4. The van der Waals surface area contributed by atoms with Gasteiger partial charge in [-0.05, 0) is 36.0 Å². The van der Waals surface area contributed by atoms with Gasteiger partial charge in [0, 0.05) is 0 Å². The molecule has 2 bridgehead atoms. The van der Waals surface area contributed by atoms with Gasteiger partial charge in [0.05, 0.1) is 0 Å². The minimum absolute atomic E-state index is 0.00189. The smallest absolute Gasteiger partial charge is 0.155 e. The van der Waals surface area contributed by atoms with Gasteiger partial charge >= 0.3 is 0 Å². The van der Waals surface area contributed by atoms with Crippen LogP contribution in [0.2, 0.25) is 0 Å². The van der Waals surface area contributed by atoms with E-state index in [-0.39, 0.29) is 16.7 Å². The number of epoxide rings is 1. The molecule has 9 atom stereocenters. The Balaban J connectivity index is 1.77. The first-order chi connectivity index (χ1) is 10.1. The molecule has 6 nitrogen and oxygen atoms in total. The van der Waals surface area contributed by atoms with Gasteiger partial charge in [-0.1, -0.05) is 20.8 Å². The lowest BCUT2D eigenvalue weighted by Gasteiger charge is -2.43. The van der Waals surface area contributed by atoms with Gasteiger partial charge in [0.2, 0.25) is 0 Å². The van der Waals surface area contributed by atoms with Crippen molar-refractivity contribution in [1.82, 2.24) is 0 Å². The Bertz CT molecular complexity index is 502. The Morgan fingerprint density at radius 1 is 0.864 bits per heavy atom. The topological polar surface area (TPSA) is 114 Å². The van der Waals surface area contributed by atoms with E-state index in [1.165, 1.54) is 0 Å². The normalized spacial score (nSPS) is 65.5. The molecule has 4 aliphatic rings. The van der Waals surface area contributed by atoms with E-state index in [4.69, 9.17) is 4.74 Å². The van der Waals surface area contributed by atoms with E-state index < -0.39 is 41.7 Å². The van der Waals surface area contributed by atoms with Gasteiger partial charge in [-0.15, -0.1) is 0 Å². The van der Waals surface area contributed by atoms with Crippen LogP contribution < -0.4 is 0 Å². The lowest BCUT2D eigenvalue weighted by Crippen LogP contribution is -2.68. The van der Waals surface area contributed by atoms with Crippen molar-refractivity contribution in [2.24, 2.45) is 16.7 Å². The summed E-state index contributed by atoms with van der Waals surface area (Å²) in [7, 11) is 0. The highest BCUT2D eigenvalue weighted by Gasteiger charge is 2.89. The molecule has 0 aromatic carbocycles. The van der Waals surface area contributed by atoms with Gasteiger partial charge < -0.3 is 30.3 Å². The van der Waals surface area contributed by atoms with Crippen molar-refractivity contribution in [1.29, 1.82) is 0 Å². The molecule has 0 amide bonds. The number of ether oxygens (including phenoxy) is 1. The predicted molar refractivity (Wildman–Crippen MR) is 75.8 cm³/mol. The number of rotatable bonds is 0. The van der Waals surface area contributed by atoms with Crippen LogP contribution in [0.15, 0.2) is 0 Å². The Kier molecular flexibility index (Phi) is 2.69. The first-order valence-corrected chi connectivity index (χ1v) is 8.16. The van der Waals surface area contributed by atoms with Crippen molar-refractivity contribution in [2.75, 3.05) is 0 Å². The number of aliphatic hydroxyl groups is 5. The van der Waals surface area contributed by atoms with Crippen molar-refractivity contribution >= 4 is 0 Å². The molecule has 5 unspecified atom stereocenters. The van der Waals surface area contributed by atoms with Crippen LogP contribution in [0, 0.1) is 16.7 Å². The quantitative estimate of drug-likeness (QED) is 0.373. The molecule has 1 aliphatic heterocycles. The van der Waals surface area contributed by atoms with Crippen LogP contribution in [0.4, 0.5) is 0 Å². The summed E-state index contributed by atoms with van der Waals surface area (Å²) in [5.74, 6) is 0.156. The highest BCUT2D eigenvalue weighted by molar-refractivity contribution is 5.36. The maximum atomic E-state index is 10.5. The van der Waals surface area contributed by atoms with Gasteiger partial charge in [0.15, 0.2) is 5.60 Å². The van der Waals surface area contributed by atoms with Gasteiger partial charge in [0.1, 0.15) is 36.1 Å². The van der Waals surface area contributed by atoms with Gasteiger partial charge in [-0.3, -0.25) is 0 Å². The van der Waals surface area contributed by atoms with Crippen molar-refractivity contribution < 1.29 is 30.3 Å². The summed E-state index contributed by atoms with van der Waals surface area (Å²) >= 11 is 0. The summed E-state index contributed by atoms with van der Waals surface area (Å²) in [6.45, 7) is 6.59. The van der Waals surface area contributed by atoms with Crippen LogP contribution in [-0.2, 0) is 4.74 Å². The second kappa shape index (κ2) is 3.87. The summed E-state index contributed by atoms with van der Waals surface area (Å²) in [6, 6.07) is 0. The van der Waals surface area contributed by atoms with Gasteiger partial charge in [0.25, 0.3) is 0 Å². The minimum atomic E-state index is -1.57. The molecule has 0 aromatic heterocycles. The Labute approximate surface area is 129 Å². The fourth-order valence-corrected chi connectivity index (χ4v) is 6.07. The Hall–Kier alpha value is -0.240. The summed E-state index contributed by atoms with van der Waals surface area (Å²) in [4.78, 5) is 0. The molecule has 3 saturated carbocycles. The van der Waals surface area contributed by atoms with E-state index in [0.29, 0.717) is 6.42 Å². The van der Waals surface area contributed by atoms with Gasteiger partial charge in [-0.25, -0.2) is 0 Å². The largest absolute Gasteiger partial charge is 0.387 e. The third-order valence-electron chi connectivity index (χ3n) is 7.82. The van der Waals surface area contributed by atoms with Crippen molar-refractivity contribution in [2.45, 2.75) is 81.8 Å². The van der Waals surface area contributed by atoms with Crippen molar-refractivity contribution in [3.8, 4) is 0 Å². The van der Waals surface area contributed by atoms with Crippen LogP contribution in [-0.4, -0.2) is 67.3 Å².